The Hall–Kier alpha value is -0.820. The first kappa shape index (κ1) is 15.6. The van der Waals surface area contributed by atoms with Crippen molar-refractivity contribution in [2.75, 3.05) is 0 Å². The van der Waals surface area contributed by atoms with Crippen LogP contribution in [0.5, 0.6) is 0 Å². The molecule has 0 fully saturated rings. The molecule has 0 radical (unpaired) electrons. The lowest BCUT2D eigenvalue weighted by Gasteiger charge is -2.48. The van der Waals surface area contributed by atoms with Gasteiger partial charge in [0.2, 0.25) is 0 Å². The van der Waals surface area contributed by atoms with Crippen LogP contribution in [0.4, 0.5) is 0 Å². The second-order valence-electron chi connectivity index (χ2n) is 6.51. The van der Waals surface area contributed by atoms with Crippen LogP contribution in [0, 0.1) is 0 Å². The van der Waals surface area contributed by atoms with Gasteiger partial charge >= 0.3 is 0 Å². The van der Waals surface area contributed by atoms with E-state index in [4.69, 9.17) is 0 Å². The third-order valence-corrected chi connectivity index (χ3v) is 6.20. The Labute approximate surface area is 124 Å². The molecule has 112 valence electrons. The summed E-state index contributed by atoms with van der Waals surface area (Å²) in [5, 5.41) is 9.50. The summed E-state index contributed by atoms with van der Waals surface area (Å²) in [6, 6.07) is 6.73. The number of benzene rings is 1. The van der Waals surface area contributed by atoms with E-state index in [1.807, 2.05) is 0 Å². The van der Waals surface area contributed by atoms with Crippen molar-refractivity contribution in [2.24, 2.45) is 0 Å². The summed E-state index contributed by atoms with van der Waals surface area (Å²) < 4.78 is 0. The summed E-state index contributed by atoms with van der Waals surface area (Å²) in [5.41, 5.74) is 4.85. The molecule has 1 aliphatic carbocycles. The number of hydrogen-bond acceptors (Lipinski definition) is 1. The SMILES string of the molecule is CCC1(CC)CCC(CC)(CC)c2cc(CO)ccc21. The molecule has 1 aromatic carbocycles. The van der Waals surface area contributed by atoms with E-state index in [-0.39, 0.29) is 6.61 Å². The number of aliphatic hydroxyl groups is 1. The molecule has 1 aromatic rings. The van der Waals surface area contributed by atoms with Crippen LogP contribution in [-0.2, 0) is 17.4 Å². The third kappa shape index (κ3) is 2.20. The van der Waals surface area contributed by atoms with Gasteiger partial charge in [0.1, 0.15) is 0 Å². The highest BCUT2D eigenvalue weighted by molar-refractivity contribution is 5.45. The van der Waals surface area contributed by atoms with E-state index in [9.17, 15) is 5.11 Å². The number of rotatable bonds is 5. The van der Waals surface area contributed by atoms with Crippen molar-refractivity contribution < 1.29 is 5.11 Å². The molecule has 0 atom stereocenters. The number of aliphatic hydroxyl groups excluding tert-OH is 1. The molecule has 2 rings (SSSR count). The fourth-order valence-corrected chi connectivity index (χ4v) is 4.31. The van der Waals surface area contributed by atoms with Crippen molar-refractivity contribution in [2.45, 2.75) is 83.7 Å². The van der Waals surface area contributed by atoms with Crippen molar-refractivity contribution in [3.05, 3.63) is 34.9 Å². The van der Waals surface area contributed by atoms with Crippen LogP contribution in [0.2, 0.25) is 0 Å². The van der Waals surface area contributed by atoms with Crippen molar-refractivity contribution in [1.82, 2.24) is 0 Å². The molecule has 1 heteroatoms. The molecule has 20 heavy (non-hydrogen) atoms. The monoisotopic (exact) mass is 274 g/mol. The number of hydrogen-bond donors (Lipinski definition) is 1. The summed E-state index contributed by atoms with van der Waals surface area (Å²) >= 11 is 0. The summed E-state index contributed by atoms with van der Waals surface area (Å²) in [5.74, 6) is 0. The largest absolute Gasteiger partial charge is 0.392 e. The maximum Gasteiger partial charge on any atom is 0.0681 e. The van der Waals surface area contributed by atoms with Crippen LogP contribution in [-0.4, -0.2) is 5.11 Å². The topological polar surface area (TPSA) is 20.2 Å². The van der Waals surface area contributed by atoms with Gasteiger partial charge in [-0.15, -0.1) is 0 Å². The van der Waals surface area contributed by atoms with E-state index in [1.54, 1.807) is 5.56 Å². The molecule has 0 heterocycles. The van der Waals surface area contributed by atoms with Crippen molar-refractivity contribution in [1.29, 1.82) is 0 Å². The predicted octanol–water partition coefficient (Wildman–Crippen LogP) is 5.09. The van der Waals surface area contributed by atoms with Crippen LogP contribution in [0.3, 0.4) is 0 Å². The molecule has 1 nitrogen and oxygen atoms in total. The molecular weight excluding hydrogens is 244 g/mol. The summed E-state index contributed by atoms with van der Waals surface area (Å²) in [7, 11) is 0. The standard InChI is InChI=1S/C19H30O/c1-5-18(6-2)11-12-19(7-3,8-4)17-13-15(14-20)9-10-16(17)18/h9-10,13,20H,5-8,11-12,14H2,1-4H3. The second kappa shape index (κ2) is 5.89. The van der Waals surface area contributed by atoms with E-state index < -0.39 is 0 Å². The van der Waals surface area contributed by atoms with Crippen LogP contribution in [0.15, 0.2) is 18.2 Å². The molecule has 0 bridgehead atoms. The van der Waals surface area contributed by atoms with Crippen molar-refractivity contribution in [3.63, 3.8) is 0 Å². The van der Waals surface area contributed by atoms with Gasteiger partial charge in [0.15, 0.2) is 0 Å². The minimum Gasteiger partial charge on any atom is -0.392 e. The Kier molecular flexibility index (Phi) is 4.59. The Balaban J connectivity index is 2.65. The molecule has 0 spiro atoms. The number of fused-ring (bicyclic) bond motifs is 1. The first-order chi connectivity index (χ1) is 9.61. The average molecular weight is 274 g/mol. The Morgan fingerprint density at radius 1 is 0.850 bits per heavy atom. The Morgan fingerprint density at radius 3 is 1.80 bits per heavy atom. The quantitative estimate of drug-likeness (QED) is 0.793. The Bertz CT molecular complexity index is 453. The zero-order valence-electron chi connectivity index (χ0n) is 13.6. The van der Waals surface area contributed by atoms with Gasteiger partial charge < -0.3 is 5.11 Å². The lowest BCUT2D eigenvalue weighted by molar-refractivity contribution is 0.237. The molecule has 0 saturated carbocycles. The van der Waals surface area contributed by atoms with E-state index in [0.29, 0.717) is 10.8 Å². The predicted molar refractivity (Wildman–Crippen MR) is 86.1 cm³/mol. The fourth-order valence-electron chi connectivity index (χ4n) is 4.31. The maximum atomic E-state index is 9.50. The molecule has 1 N–H and O–H groups in total. The highest BCUT2D eigenvalue weighted by Gasteiger charge is 2.43. The zero-order chi connectivity index (χ0) is 14.8. The van der Waals surface area contributed by atoms with Gasteiger partial charge in [-0.25, -0.2) is 0 Å². The minimum absolute atomic E-state index is 0.155. The van der Waals surface area contributed by atoms with E-state index >= 15 is 0 Å². The molecule has 0 amide bonds. The van der Waals surface area contributed by atoms with E-state index in [2.05, 4.69) is 45.9 Å². The molecule has 1 aliphatic rings. The van der Waals surface area contributed by atoms with E-state index in [1.165, 1.54) is 44.1 Å². The zero-order valence-corrected chi connectivity index (χ0v) is 13.6. The van der Waals surface area contributed by atoms with Gasteiger partial charge in [-0.1, -0.05) is 45.9 Å². The summed E-state index contributed by atoms with van der Waals surface area (Å²) in [4.78, 5) is 0. The lowest BCUT2D eigenvalue weighted by atomic mass is 9.57. The molecule has 0 aliphatic heterocycles. The van der Waals surface area contributed by atoms with Crippen molar-refractivity contribution >= 4 is 0 Å². The average Bonchev–Trinajstić information content (AvgIpc) is 2.53. The Morgan fingerprint density at radius 2 is 1.35 bits per heavy atom. The van der Waals surface area contributed by atoms with Gasteiger partial charge in [0.05, 0.1) is 6.61 Å². The summed E-state index contributed by atoms with van der Waals surface area (Å²) in [6.07, 6.45) is 7.46. The van der Waals surface area contributed by atoms with Crippen LogP contribution in [0.1, 0.15) is 82.9 Å². The highest BCUT2D eigenvalue weighted by atomic mass is 16.3. The minimum atomic E-state index is 0.155. The van der Waals surface area contributed by atoms with Gasteiger partial charge in [0.25, 0.3) is 0 Å². The van der Waals surface area contributed by atoms with E-state index in [0.717, 1.165) is 5.56 Å². The first-order valence-corrected chi connectivity index (χ1v) is 8.36. The first-order valence-electron chi connectivity index (χ1n) is 8.36. The summed E-state index contributed by atoms with van der Waals surface area (Å²) in [6.45, 7) is 9.46. The van der Waals surface area contributed by atoms with Gasteiger partial charge in [0, 0.05) is 0 Å². The molecule has 0 unspecified atom stereocenters. The highest BCUT2D eigenvalue weighted by Crippen LogP contribution is 2.52. The fraction of sp³-hybridized carbons (Fsp3) is 0.684. The third-order valence-electron chi connectivity index (χ3n) is 6.20. The van der Waals surface area contributed by atoms with Gasteiger partial charge in [-0.2, -0.15) is 0 Å². The normalized spacial score (nSPS) is 19.6. The molecule has 0 aromatic heterocycles. The van der Waals surface area contributed by atoms with Gasteiger partial charge in [-0.05, 0) is 66.0 Å². The maximum absolute atomic E-state index is 9.50. The van der Waals surface area contributed by atoms with Gasteiger partial charge in [-0.3, -0.25) is 0 Å². The van der Waals surface area contributed by atoms with Crippen molar-refractivity contribution in [3.8, 4) is 0 Å². The smallest absolute Gasteiger partial charge is 0.0681 e. The van der Waals surface area contributed by atoms with Crippen LogP contribution < -0.4 is 0 Å². The molecular formula is C19H30O. The van der Waals surface area contributed by atoms with Crippen LogP contribution >= 0.6 is 0 Å². The van der Waals surface area contributed by atoms with Crippen LogP contribution in [0.25, 0.3) is 0 Å². The molecule has 0 saturated heterocycles. The lowest BCUT2D eigenvalue weighted by Crippen LogP contribution is -2.39. The second-order valence-corrected chi connectivity index (χ2v) is 6.51.